The third kappa shape index (κ3) is 4.38. The van der Waals surface area contributed by atoms with Gasteiger partial charge in [0.05, 0.1) is 29.1 Å². The summed E-state index contributed by atoms with van der Waals surface area (Å²) in [5.41, 5.74) is 2.36. The van der Waals surface area contributed by atoms with Gasteiger partial charge in [-0.1, -0.05) is 18.2 Å². The van der Waals surface area contributed by atoms with Crippen molar-refractivity contribution >= 4 is 50.3 Å². The van der Waals surface area contributed by atoms with E-state index in [0.717, 1.165) is 26.6 Å². The van der Waals surface area contributed by atoms with Crippen molar-refractivity contribution in [3.05, 3.63) is 88.7 Å². The molecule has 5 aromatic rings. The van der Waals surface area contributed by atoms with Crippen molar-refractivity contribution in [3.8, 4) is 0 Å². The van der Waals surface area contributed by atoms with Crippen LogP contribution in [0.1, 0.15) is 27.5 Å². The minimum Gasteiger partial charge on any atom is -0.481 e. The van der Waals surface area contributed by atoms with Crippen molar-refractivity contribution < 1.29 is 23.1 Å². The molecule has 0 saturated carbocycles. The van der Waals surface area contributed by atoms with E-state index in [-0.39, 0.29) is 6.42 Å². The fourth-order valence-corrected chi connectivity index (χ4v) is 6.00. The number of nitrogens with one attached hydrogen (secondary N) is 1. The van der Waals surface area contributed by atoms with Gasteiger partial charge in [0.1, 0.15) is 0 Å². The lowest BCUT2D eigenvalue weighted by Gasteiger charge is -2.20. The number of pyridine rings is 1. The van der Waals surface area contributed by atoms with Crippen LogP contribution in [-0.2, 0) is 17.4 Å². The Balaban J connectivity index is 1.62. The molecule has 1 unspecified atom stereocenters. The molecule has 0 aliphatic carbocycles. The molecule has 3 aromatic heterocycles. The molecule has 172 valence electrons. The summed E-state index contributed by atoms with van der Waals surface area (Å²) in [5.74, 6) is -0.918. The van der Waals surface area contributed by atoms with Gasteiger partial charge in [-0.2, -0.15) is 13.2 Å². The van der Waals surface area contributed by atoms with Crippen LogP contribution in [0, 0.1) is 0 Å². The van der Waals surface area contributed by atoms with Gasteiger partial charge in [-0.3, -0.25) is 4.79 Å². The molecule has 2 aromatic carbocycles. The van der Waals surface area contributed by atoms with Crippen LogP contribution >= 0.6 is 23.1 Å². The maximum Gasteiger partial charge on any atom is 0.416 e. The number of thioether (sulfide) groups is 1. The summed E-state index contributed by atoms with van der Waals surface area (Å²) in [7, 11) is 0. The van der Waals surface area contributed by atoms with E-state index < -0.39 is 23.0 Å². The van der Waals surface area contributed by atoms with E-state index >= 15 is 0 Å². The number of nitrogens with zero attached hydrogens (tertiary/aromatic N) is 2. The molecule has 10 heteroatoms. The van der Waals surface area contributed by atoms with Crippen LogP contribution < -0.4 is 0 Å². The first-order valence-corrected chi connectivity index (χ1v) is 11.9. The van der Waals surface area contributed by atoms with Gasteiger partial charge >= 0.3 is 12.1 Å². The zero-order valence-electron chi connectivity index (χ0n) is 17.3. The number of aromatic nitrogens is 3. The van der Waals surface area contributed by atoms with E-state index in [2.05, 4.69) is 15.0 Å². The zero-order chi connectivity index (χ0) is 23.9. The topological polar surface area (TPSA) is 78.9 Å². The maximum absolute atomic E-state index is 13.5. The van der Waals surface area contributed by atoms with Crippen LogP contribution in [0.15, 0.2) is 71.3 Å². The second-order valence-electron chi connectivity index (χ2n) is 7.61. The molecular formula is C24H16F3N3O2S2. The number of alkyl halides is 3. The number of rotatable bonds is 6. The van der Waals surface area contributed by atoms with Crippen molar-refractivity contribution in [2.45, 2.75) is 22.7 Å². The van der Waals surface area contributed by atoms with Gasteiger partial charge in [-0.05, 0) is 57.8 Å². The first-order chi connectivity index (χ1) is 16.3. The summed E-state index contributed by atoms with van der Waals surface area (Å²) in [6, 6.07) is 12.8. The molecule has 0 fully saturated rings. The summed E-state index contributed by atoms with van der Waals surface area (Å²) in [5, 5.41) is 11.4. The normalized spacial score (nSPS) is 12.9. The highest BCUT2D eigenvalue weighted by molar-refractivity contribution is 7.99. The van der Waals surface area contributed by atoms with E-state index in [1.807, 2.05) is 23.6 Å². The molecule has 34 heavy (non-hydrogen) atoms. The number of hydrogen-bond acceptors (Lipinski definition) is 5. The van der Waals surface area contributed by atoms with Crippen LogP contribution in [0.5, 0.6) is 0 Å². The molecule has 2 N–H and O–H groups in total. The molecule has 0 spiro atoms. The van der Waals surface area contributed by atoms with Crippen LogP contribution in [-0.4, -0.2) is 26.0 Å². The van der Waals surface area contributed by atoms with Crippen LogP contribution in [0.4, 0.5) is 13.2 Å². The molecule has 0 bridgehead atoms. The predicted octanol–water partition coefficient (Wildman–Crippen LogP) is 6.70. The van der Waals surface area contributed by atoms with Crippen molar-refractivity contribution in [2.24, 2.45) is 0 Å². The fourth-order valence-electron chi connectivity index (χ4n) is 3.85. The molecule has 0 amide bonds. The molecule has 5 rings (SSSR count). The molecule has 0 aliphatic heterocycles. The van der Waals surface area contributed by atoms with Crippen molar-refractivity contribution in [3.63, 3.8) is 0 Å². The van der Waals surface area contributed by atoms with Crippen molar-refractivity contribution in [1.82, 2.24) is 15.0 Å². The number of fused-ring (bicyclic) bond motifs is 2. The van der Waals surface area contributed by atoms with E-state index in [9.17, 15) is 23.1 Å². The fraction of sp³-hybridized carbons (Fsp3) is 0.125. The van der Waals surface area contributed by atoms with E-state index in [0.29, 0.717) is 22.3 Å². The third-order valence-electron chi connectivity index (χ3n) is 5.38. The average molecular weight is 500 g/mol. The molecule has 0 saturated heterocycles. The van der Waals surface area contributed by atoms with Crippen molar-refractivity contribution in [2.75, 3.05) is 0 Å². The highest BCUT2D eigenvalue weighted by Gasteiger charge is 2.31. The van der Waals surface area contributed by atoms with Gasteiger partial charge in [0.25, 0.3) is 0 Å². The number of carboxylic acids is 1. The predicted molar refractivity (Wildman–Crippen MR) is 126 cm³/mol. The lowest BCUT2D eigenvalue weighted by atomic mass is 10.0. The van der Waals surface area contributed by atoms with Gasteiger partial charge in [-0.25, -0.2) is 9.97 Å². The Morgan fingerprint density at radius 2 is 2.00 bits per heavy atom. The quantitative estimate of drug-likeness (QED) is 0.254. The second-order valence-corrected chi connectivity index (χ2v) is 9.70. The number of aliphatic carboxylic acids is 1. The summed E-state index contributed by atoms with van der Waals surface area (Å²) in [6.07, 6.45) is -1.46. The van der Waals surface area contributed by atoms with E-state index in [4.69, 9.17) is 0 Å². The first kappa shape index (κ1) is 22.4. The number of aromatic amines is 1. The Morgan fingerprint density at radius 3 is 2.79 bits per heavy atom. The van der Waals surface area contributed by atoms with Crippen LogP contribution in [0.25, 0.3) is 21.3 Å². The van der Waals surface area contributed by atoms with Gasteiger partial charge in [0, 0.05) is 15.8 Å². The molecular weight excluding hydrogens is 483 g/mol. The first-order valence-electron chi connectivity index (χ1n) is 10.1. The van der Waals surface area contributed by atoms with Gasteiger partial charge < -0.3 is 10.1 Å². The summed E-state index contributed by atoms with van der Waals surface area (Å²) < 4.78 is 41.4. The largest absolute Gasteiger partial charge is 0.481 e. The molecule has 3 heterocycles. The Labute approximate surface area is 199 Å². The van der Waals surface area contributed by atoms with Gasteiger partial charge in [-0.15, -0.1) is 23.1 Å². The molecule has 1 atom stereocenters. The SMILES string of the molecule is O=C(O)Cc1csc2ccc(SC(c3cccc(C(F)(F)F)c3)c3ccnc4nc[nH]c34)cc12. The number of carbonyl (C=O) groups is 1. The number of imidazole rings is 1. The van der Waals surface area contributed by atoms with Gasteiger partial charge in [0.2, 0.25) is 0 Å². The lowest BCUT2D eigenvalue weighted by Crippen LogP contribution is -2.07. The standard InChI is InChI=1S/C24H16F3N3O2S2/c25-24(26,27)15-3-1-2-13(8-15)22(17-6-7-28-23-21(17)29-12-30-23)34-16-4-5-19-18(10-16)14(11-33-19)9-20(31)32/h1-8,10-12,22H,9H2,(H,31,32)(H,28,29,30). The summed E-state index contributed by atoms with van der Waals surface area (Å²) in [6.45, 7) is 0. The minimum atomic E-state index is -4.46. The van der Waals surface area contributed by atoms with E-state index in [1.54, 1.807) is 18.3 Å². The number of thiophene rings is 1. The highest BCUT2D eigenvalue weighted by atomic mass is 32.2. The smallest absolute Gasteiger partial charge is 0.416 e. The molecule has 5 nitrogen and oxygen atoms in total. The number of carboxylic acid groups (broad SMARTS) is 1. The Morgan fingerprint density at radius 1 is 1.15 bits per heavy atom. The lowest BCUT2D eigenvalue weighted by molar-refractivity contribution is -0.138. The summed E-state index contributed by atoms with van der Waals surface area (Å²) >= 11 is 2.86. The maximum atomic E-state index is 13.5. The minimum absolute atomic E-state index is 0.0930. The van der Waals surface area contributed by atoms with Crippen LogP contribution in [0.3, 0.4) is 0 Å². The zero-order valence-corrected chi connectivity index (χ0v) is 19.0. The second kappa shape index (κ2) is 8.77. The van der Waals surface area contributed by atoms with Crippen LogP contribution in [0.2, 0.25) is 0 Å². The number of H-pyrrole nitrogens is 1. The highest BCUT2D eigenvalue weighted by Crippen LogP contribution is 2.44. The Bertz CT molecular complexity index is 1510. The average Bonchev–Trinajstić information content (AvgIpc) is 3.44. The Hall–Kier alpha value is -3.37. The number of halogens is 3. The third-order valence-corrected chi connectivity index (χ3v) is 7.68. The molecule has 0 aliphatic rings. The van der Waals surface area contributed by atoms with E-state index in [1.165, 1.54) is 41.6 Å². The van der Waals surface area contributed by atoms with Crippen molar-refractivity contribution in [1.29, 1.82) is 0 Å². The number of benzene rings is 2. The molecule has 0 radical (unpaired) electrons. The number of hydrogen-bond donors (Lipinski definition) is 2. The summed E-state index contributed by atoms with van der Waals surface area (Å²) in [4.78, 5) is 23.5. The monoisotopic (exact) mass is 499 g/mol. The Kier molecular flexibility index (Phi) is 5.78. The van der Waals surface area contributed by atoms with Gasteiger partial charge in [0.15, 0.2) is 5.65 Å².